The summed E-state index contributed by atoms with van der Waals surface area (Å²) in [5, 5.41) is 2.84. The molecule has 0 aromatic rings. The van der Waals surface area contributed by atoms with Crippen LogP contribution in [0.1, 0.15) is 34.6 Å². The fourth-order valence-electron chi connectivity index (χ4n) is 0.586. The van der Waals surface area contributed by atoms with E-state index < -0.39 is 5.54 Å². The molecule has 0 bridgehead atoms. The minimum Gasteiger partial charge on any atom is -0.308 e. The number of rotatable bonds is 4. The summed E-state index contributed by atoms with van der Waals surface area (Å²) in [5.74, 6) is -0.147. The quantitative estimate of drug-likeness (QED) is 0.649. The fourth-order valence-corrected chi connectivity index (χ4v) is 0.586. The Balaban J connectivity index is 0. The van der Waals surface area contributed by atoms with E-state index in [4.69, 9.17) is 0 Å². The van der Waals surface area contributed by atoms with Gasteiger partial charge >= 0.3 is 0 Å². The van der Waals surface area contributed by atoms with Crippen molar-refractivity contribution in [2.45, 2.75) is 40.2 Å². The van der Waals surface area contributed by atoms with E-state index in [9.17, 15) is 9.59 Å². The van der Waals surface area contributed by atoms with Crippen LogP contribution in [0.3, 0.4) is 0 Å². The van der Waals surface area contributed by atoms with Gasteiger partial charge in [-0.1, -0.05) is 7.43 Å². The van der Waals surface area contributed by atoms with Gasteiger partial charge in [-0.15, -0.1) is 0 Å². The Labute approximate surface area is 74.5 Å². The van der Waals surface area contributed by atoms with Crippen molar-refractivity contribution in [2.24, 2.45) is 0 Å². The molecule has 72 valence electrons. The third kappa shape index (κ3) is 4.23. The molecular weight excluding hydrogens is 154 g/mol. The van der Waals surface area contributed by atoms with Crippen molar-refractivity contribution in [2.75, 3.05) is 7.05 Å². The van der Waals surface area contributed by atoms with E-state index >= 15 is 0 Å². The highest BCUT2D eigenvalue weighted by atomic mass is 16.1. The van der Waals surface area contributed by atoms with E-state index in [1.807, 2.05) is 0 Å². The zero-order valence-electron chi connectivity index (χ0n) is 7.52. The Hall–Kier alpha value is -0.700. The van der Waals surface area contributed by atoms with E-state index in [2.05, 4.69) is 5.32 Å². The second-order valence-corrected chi connectivity index (χ2v) is 3.18. The third-order valence-electron chi connectivity index (χ3n) is 1.73. The fraction of sp³-hybridized carbons (Fsp3) is 0.778. The Kier molecular flexibility index (Phi) is 5.82. The van der Waals surface area contributed by atoms with Gasteiger partial charge in [-0.05, 0) is 27.8 Å². The van der Waals surface area contributed by atoms with Crippen molar-refractivity contribution in [3.8, 4) is 0 Å². The van der Waals surface area contributed by atoms with Crippen molar-refractivity contribution in [3.63, 3.8) is 0 Å². The molecule has 0 unspecified atom stereocenters. The van der Waals surface area contributed by atoms with Crippen LogP contribution < -0.4 is 5.32 Å². The molecule has 0 aliphatic rings. The molecule has 0 aliphatic heterocycles. The molecule has 0 saturated carbocycles. The van der Waals surface area contributed by atoms with Crippen molar-refractivity contribution in [1.82, 2.24) is 5.32 Å². The largest absolute Gasteiger partial charge is 0.308 e. The molecule has 0 fully saturated rings. The Morgan fingerprint density at radius 1 is 1.33 bits per heavy atom. The molecule has 0 radical (unpaired) electrons. The summed E-state index contributed by atoms with van der Waals surface area (Å²) >= 11 is 0. The average Bonchev–Trinajstić information content (AvgIpc) is 1.86. The maximum atomic E-state index is 11.2. The number of likely N-dealkylation sites (N-methyl/N-ethyl adjacent to an activating group) is 1. The van der Waals surface area contributed by atoms with Gasteiger partial charge in [0.1, 0.15) is 5.78 Å². The maximum Gasteiger partial charge on any atom is 0.159 e. The van der Waals surface area contributed by atoms with Crippen LogP contribution in [0.15, 0.2) is 0 Å². The first-order valence-corrected chi connectivity index (χ1v) is 3.62. The van der Waals surface area contributed by atoms with Gasteiger partial charge in [0.25, 0.3) is 0 Å². The molecule has 0 aromatic heterocycles. The molecular formula is C9H19NO2. The highest BCUT2D eigenvalue weighted by Crippen LogP contribution is 2.05. The summed E-state index contributed by atoms with van der Waals surface area (Å²) in [6, 6.07) is 0. The zero-order valence-corrected chi connectivity index (χ0v) is 7.52. The van der Waals surface area contributed by atoms with Gasteiger partial charge in [-0.3, -0.25) is 9.59 Å². The number of nitrogens with one attached hydrogen (secondary N) is 1. The first-order chi connectivity index (χ1) is 4.90. The van der Waals surface area contributed by atoms with E-state index in [1.54, 1.807) is 20.9 Å². The number of carbonyl (C=O) groups excluding carboxylic acids is 2. The van der Waals surface area contributed by atoms with Crippen LogP contribution in [0.2, 0.25) is 0 Å². The van der Waals surface area contributed by atoms with Crippen LogP contribution in [0.4, 0.5) is 0 Å². The van der Waals surface area contributed by atoms with E-state index in [1.165, 1.54) is 6.92 Å². The second-order valence-electron chi connectivity index (χ2n) is 3.18. The number of Topliss-reactive ketones (excluding diaryl/α,β-unsaturated/α-hetero) is 2. The first kappa shape index (κ1) is 13.9. The normalized spacial score (nSPS) is 10.3. The molecule has 12 heavy (non-hydrogen) atoms. The third-order valence-corrected chi connectivity index (χ3v) is 1.73. The smallest absolute Gasteiger partial charge is 0.159 e. The van der Waals surface area contributed by atoms with Gasteiger partial charge < -0.3 is 5.32 Å². The van der Waals surface area contributed by atoms with E-state index in [0.717, 1.165) is 0 Å². The van der Waals surface area contributed by atoms with Gasteiger partial charge in [-0.2, -0.15) is 0 Å². The van der Waals surface area contributed by atoms with Gasteiger partial charge in [0, 0.05) is 0 Å². The highest BCUT2D eigenvalue weighted by molar-refractivity contribution is 6.02. The standard InChI is InChI=1S/C8H15NO2.CH4/c1-6(10)5-7(11)8(2,3)9-4;/h9H,5H2,1-4H3;1H4. The van der Waals surface area contributed by atoms with Crippen LogP contribution in [0, 0.1) is 0 Å². The molecule has 3 nitrogen and oxygen atoms in total. The molecule has 0 amide bonds. The predicted octanol–water partition coefficient (Wildman–Crippen LogP) is 1.17. The Bertz CT molecular complexity index is 173. The van der Waals surface area contributed by atoms with Gasteiger partial charge in [0.15, 0.2) is 5.78 Å². The number of carbonyl (C=O) groups is 2. The minimum atomic E-state index is -0.578. The molecule has 1 N–H and O–H groups in total. The first-order valence-electron chi connectivity index (χ1n) is 3.62. The second kappa shape index (κ2) is 5.04. The Morgan fingerprint density at radius 2 is 1.75 bits per heavy atom. The molecule has 0 atom stereocenters. The molecule has 0 aromatic carbocycles. The van der Waals surface area contributed by atoms with Crippen molar-refractivity contribution in [1.29, 1.82) is 0 Å². The lowest BCUT2D eigenvalue weighted by Crippen LogP contribution is -2.45. The number of hydrogen-bond donors (Lipinski definition) is 1. The van der Waals surface area contributed by atoms with Crippen molar-refractivity contribution in [3.05, 3.63) is 0 Å². The van der Waals surface area contributed by atoms with Crippen LogP contribution in [0.25, 0.3) is 0 Å². The predicted molar refractivity (Wildman–Crippen MR) is 50.2 cm³/mol. The minimum absolute atomic E-state index is 0. The lowest BCUT2D eigenvalue weighted by atomic mass is 9.96. The molecule has 3 heteroatoms. The molecule has 0 aliphatic carbocycles. The van der Waals surface area contributed by atoms with Crippen LogP contribution in [-0.4, -0.2) is 24.2 Å². The monoisotopic (exact) mass is 173 g/mol. The average molecular weight is 173 g/mol. The molecule has 0 spiro atoms. The summed E-state index contributed by atoms with van der Waals surface area (Å²) in [5.41, 5.74) is -0.578. The van der Waals surface area contributed by atoms with E-state index in [0.29, 0.717) is 0 Å². The summed E-state index contributed by atoms with van der Waals surface area (Å²) in [4.78, 5) is 21.8. The number of ketones is 2. The van der Waals surface area contributed by atoms with Crippen LogP contribution in [0.5, 0.6) is 0 Å². The molecule has 0 rings (SSSR count). The maximum absolute atomic E-state index is 11.2. The van der Waals surface area contributed by atoms with Crippen molar-refractivity contribution < 1.29 is 9.59 Å². The van der Waals surface area contributed by atoms with E-state index in [-0.39, 0.29) is 25.4 Å². The highest BCUT2D eigenvalue weighted by Gasteiger charge is 2.25. The summed E-state index contributed by atoms with van der Waals surface area (Å²) in [6.07, 6.45) is 0.0217. The van der Waals surface area contributed by atoms with Gasteiger partial charge in [-0.25, -0.2) is 0 Å². The summed E-state index contributed by atoms with van der Waals surface area (Å²) < 4.78 is 0. The lowest BCUT2D eigenvalue weighted by Gasteiger charge is -2.21. The summed E-state index contributed by atoms with van der Waals surface area (Å²) in [6.45, 7) is 4.94. The van der Waals surface area contributed by atoms with Crippen molar-refractivity contribution >= 4 is 11.6 Å². The Morgan fingerprint density at radius 3 is 2.00 bits per heavy atom. The molecule has 0 saturated heterocycles. The van der Waals surface area contributed by atoms with Crippen LogP contribution in [-0.2, 0) is 9.59 Å². The SMILES string of the molecule is C.CNC(C)(C)C(=O)CC(C)=O. The number of hydrogen-bond acceptors (Lipinski definition) is 3. The molecule has 0 heterocycles. The lowest BCUT2D eigenvalue weighted by molar-refractivity contribution is -0.129. The van der Waals surface area contributed by atoms with Crippen LogP contribution >= 0.6 is 0 Å². The van der Waals surface area contributed by atoms with Gasteiger partial charge in [0.05, 0.1) is 12.0 Å². The summed E-state index contributed by atoms with van der Waals surface area (Å²) in [7, 11) is 1.71. The zero-order chi connectivity index (χ0) is 9.07. The topological polar surface area (TPSA) is 46.2 Å². The van der Waals surface area contributed by atoms with Gasteiger partial charge in [0.2, 0.25) is 0 Å².